The molecule has 0 spiro atoms. The van der Waals surface area contributed by atoms with E-state index in [2.05, 4.69) is 13.8 Å². The largest absolute Gasteiger partial charge is 0.375 e. The highest BCUT2D eigenvalue weighted by atomic mass is 16.5. The van der Waals surface area contributed by atoms with Crippen LogP contribution in [0.3, 0.4) is 0 Å². The fraction of sp³-hybridized carbons (Fsp3) is 0.917. The number of hydrogen-bond acceptors (Lipinski definition) is 3. The van der Waals surface area contributed by atoms with Crippen LogP contribution in [0.2, 0.25) is 0 Å². The van der Waals surface area contributed by atoms with Gasteiger partial charge in [-0.05, 0) is 12.3 Å². The van der Waals surface area contributed by atoms with E-state index >= 15 is 0 Å². The Morgan fingerprint density at radius 3 is 2.81 bits per heavy atom. The highest BCUT2D eigenvalue weighted by molar-refractivity contribution is 5.82. The van der Waals surface area contributed by atoms with Gasteiger partial charge in [-0.2, -0.15) is 0 Å². The van der Waals surface area contributed by atoms with E-state index < -0.39 is 0 Å². The van der Waals surface area contributed by atoms with Gasteiger partial charge in [0.1, 0.15) is 0 Å². The minimum atomic E-state index is -0.361. The molecular weight excluding hydrogens is 204 g/mol. The molecule has 1 fully saturated rings. The second-order valence-electron chi connectivity index (χ2n) is 4.60. The van der Waals surface area contributed by atoms with Gasteiger partial charge in [0.25, 0.3) is 0 Å². The molecular formula is C12H24N2O2. The smallest absolute Gasteiger partial charge is 0.239 e. The van der Waals surface area contributed by atoms with E-state index in [9.17, 15) is 4.79 Å². The molecule has 0 saturated carbocycles. The van der Waals surface area contributed by atoms with Gasteiger partial charge >= 0.3 is 0 Å². The molecule has 94 valence electrons. The maximum Gasteiger partial charge on any atom is 0.239 e. The van der Waals surface area contributed by atoms with E-state index in [1.54, 1.807) is 0 Å². The molecule has 1 aliphatic rings. The summed E-state index contributed by atoms with van der Waals surface area (Å²) in [6.07, 6.45) is 2.07. The van der Waals surface area contributed by atoms with E-state index in [-0.39, 0.29) is 24.0 Å². The molecule has 0 aliphatic carbocycles. The summed E-state index contributed by atoms with van der Waals surface area (Å²) in [7, 11) is 0. The molecule has 0 aromatic rings. The van der Waals surface area contributed by atoms with Crippen LogP contribution in [0.5, 0.6) is 0 Å². The van der Waals surface area contributed by atoms with Crippen molar-refractivity contribution in [1.29, 1.82) is 0 Å². The Kier molecular flexibility index (Phi) is 5.22. The van der Waals surface area contributed by atoms with Crippen molar-refractivity contribution in [1.82, 2.24) is 4.90 Å². The van der Waals surface area contributed by atoms with Gasteiger partial charge in [-0.25, -0.2) is 0 Å². The molecule has 1 aliphatic heterocycles. The number of ether oxygens (including phenoxy) is 1. The average molecular weight is 228 g/mol. The Morgan fingerprint density at radius 2 is 2.25 bits per heavy atom. The molecule has 1 heterocycles. The first-order valence-electron chi connectivity index (χ1n) is 6.26. The van der Waals surface area contributed by atoms with Crippen LogP contribution in [-0.2, 0) is 9.53 Å². The van der Waals surface area contributed by atoms with Crippen LogP contribution in [0, 0.1) is 5.92 Å². The number of carbonyl (C=O) groups is 1. The standard InChI is InChI=1S/C12H24N2O2/c1-4-9(3)11(13)12(15)14-6-7-16-10(5-2)8-14/h9-11H,4-8,13H2,1-3H3/t9?,10?,11-/m0/s1. The number of nitrogens with two attached hydrogens (primary N) is 1. The predicted octanol–water partition coefficient (Wildman–Crippen LogP) is 0.997. The van der Waals surface area contributed by atoms with Crippen molar-refractivity contribution in [2.75, 3.05) is 19.7 Å². The van der Waals surface area contributed by atoms with Gasteiger partial charge in [0, 0.05) is 13.1 Å². The second-order valence-corrected chi connectivity index (χ2v) is 4.60. The van der Waals surface area contributed by atoms with Crippen LogP contribution in [0.15, 0.2) is 0 Å². The maximum absolute atomic E-state index is 12.1. The van der Waals surface area contributed by atoms with Crippen molar-refractivity contribution < 1.29 is 9.53 Å². The molecule has 0 aromatic heterocycles. The third-order valence-corrected chi connectivity index (χ3v) is 3.45. The molecule has 1 rings (SSSR count). The Bertz CT molecular complexity index is 233. The Labute approximate surface area is 98.1 Å². The number of carbonyl (C=O) groups excluding carboxylic acids is 1. The number of hydrogen-bond donors (Lipinski definition) is 1. The van der Waals surface area contributed by atoms with E-state index in [0.717, 1.165) is 12.8 Å². The van der Waals surface area contributed by atoms with Gasteiger partial charge in [0.05, 0.1) is 18.8 Å². The molecule has 2 N–H and O–H groups in total. The third-order valence-electron chi connectivity index (χ3n) is 3.45. The molecule has 2 unspecified atom stereocenters. The van der Waals surface area contributed by atoms with Crippen molar-refractivity contribution >= 4 is 5.91 Å². The normalized spacial score (nSPS) is 25.2. The topological polar surface area (TPSA) is 55.6 Å². The summed E-state index contributed by atoms with van der Waals surface area (Å²) in [5, 5.41) is 0. The molecule has 4 nitrogen and oxygen atoms in total. The summed E-state index contributed by atoms with van der Waals surface area (Å²) in [5.74, 6) is 0.325. The summed E-state index contributed by atoms with van der Waals surface area (Å²) in [6, 6.07) is -0.361. The Balaban J connectivity index is 2.52. The summed E-state index contributed by atoms with van der Waals surface area (Å²) < 4.78 is 5.54. The maximum atomic E-state index is 12.1. The Hall–Kier alpha value is -0.610. The van der Waals surface area contributed by atoms with Gasteiger partial charge in [0.2, 0.25) is 5.91 Å². The lowest BCUT2D eigenvalue weighted by Gasteiger charge is -2.35. The van der Waals surface area contributed by atoms with E-state index in [4.69, 9.17) is 10.5 Å². The van der Waals surface area contributed by atoms with Crippen LogP contribution < -0.4 is 5.73 Å². The molecule has 1 saturated heterocycles. The van der Waals surface area contributed by atoms with Crippen molar-refractivity contribution in [3.63, 3.8) is 0 Å². The monoisotopic (exact) mass is 228 g/mol. The van der Waals surface area contributed by atoms with Gasteiger partial charge in [0.15, 0.2) is 0 Å². The lowest BCUT2D eigenvalue weighted by molar-refractivity contribution is -0.141. The summed E-state index contributed by atoms with van der Waals surface area (Å²) in [5.41, 5.74) is 5.96. The average Bonchev–Trinajstić information content (AvgIpc) is 2.36. The van der Waals surface area contributed by atoms with Gasteiger partial charge in [-0.1, -0.05) is 27.2 Å². The number of amides is 1. The molecule has 1 amide bonds. The summed E-state index contributed by atoms with van der Waals surface area (Å²) >= 11 is 0. The van der Waals surface area contributed by atoms with Crippen LogP contribution in [0.4, 0.5) is 0 Å². The summed E-state index contributed by atoms with van der Waals surface area (Å²) in [4.78, 5) is 14.0. The van der Waals surface area contributed by atoms with Gasteiger partial charge < -0.3 is 15.4 Å². The highest BCUT2D eigenvalue weighted by Gasteiger charge is 2.28. The third kappa shape index (κ3) is 3.19. The molecule has 0 bridgehead atoms. The van der Waals surface area contributed by atoms with Crippen LogP contribution >= 0.6 is 0 Å². The van der Waals surface area contributed by atoms with Crippen LogP contribution in [0.25, 0.3) is 0 Å². The minimum absolute atomic E-state index is 0.0797. The summed E-state index contributed by atoms with van der Waals surface area (Å²) in [6.45, 7) is 8.18. The fourth-order valence-corrected chi connectivity index (χ4v) is 1.87. The van der Waals surface area contributed by atoms with Crippen molar-refractivity contribution in [3.8, 4) is 0 Å². The molecule has 0 aromatic carbocycles. The first-order chi connectivity index (χ1) is 7.60. The first kappa shape index (κ1) is 13.5. The van der Waals surface area contributed by atoms with Gasteiger partial charge in [-0.3, -0.25) is 4.79 Å². The molecule has 0 radical (unpaired) electrons. The van der Waals surface area contributed by atoms with E-state index in [1.165, 1.54) is 0 Å². The zero-order chi connectivity index (χ0) is 12.1. The zero-order valence-electron chi connectivity index (χ0n) is 10.6. The van der Waals surface area contributed by atoms with Crippen LogP contribution in [0.1, 0.15) is 33.6 Å². The van der Waals surface area contributed by atoms with Gasteiger partial charge in [-0.15, -0.1) is 0 Å². The molecule has 4 heteroatoms. The van der Waals surface area contributed by atoms with E-state index in [0.29, 0.717) is 19.7 Å². The first-order valence-corrected chi connectivity index (χ1v) is 6.26. The quantitative estimate of drug-likeness (QED) is 0.781. The number of morpholine rings is 1. The van der Waals surface area contributed by atoms with Crippen molar-refractivity contribution in [2.45, 2.75) is 45.8 Å². The SMILES string of the molecule is CCC1CN(C(=O)[C@@H](N)C(C)CC)CCO1. The number of rotatable bonds is 4. The lowest BCUT2D eigenvalue weighted by atomic mass is 9.98. The van der Waals surface area contributed by atoms with Crippen molar-refractivity contribution in [2.24, 2.45) is 11.7 Å². The fourth-order valence-electron chi connectivity index (χ4n) is 1.87. The van der Waals surface area contributed by atoms with Crippen molar-refractivity contribution in [3.05, 3.63) is 0 Å². The minimum Gasteiger partial charge on any atom is -0.375 e. The highest BCUT2D eigenvalue weighted by Crippen LogP contribution is 2.13. The lowest BCUT2D eigenvalue weighted by Crippen LogP contribution is -2.53. The molecule has 3 atom stereocenters. The number of nitrogens with zero attached hydrogens (tertiary/aromatic N) is 1. The molecule has 16 heavy (non-hydrogen) atoms. The van der Waals surface area contributed by atoms with E-state index in [1.807, 2.05) is 11.8 Å². The zero-order valence-corrected chi connectivity index (χ0v) is 10.6. The van der Waals surface area contributed by atoms with Crippen LogP contribution in [-0.4, -0.2) is 42.6 Å². The Morgan fingerprint density at radius 1 is 1.56 bits per heavy atom. The second kappa shape index (κ2) is 6.21. The predicted molar refractivity (Wildman–Crippen MR) is 64.0 cm³/mol.